The zero-order valence-electron chi connectivity index (χ0n) is 10.3. The number of halogens is 1. The number of hydrogen-bond donors (Lipinski definition) is 1. The van der Waals surface area contributed by atoms with Crippen molar-refractivity contribution in [3.8, 4) is 11.5 Å². The van der Waals surface area contributed by atoms with Crippen LogP contribution in [0.3, 0.4) is 0 Å². The first-order valence-electron chi connectivity index (χ1n) is 6.13. The Labute approximate surface area is 120 Å². The van der Waals surface area contributed by atoms with Crippen molar-refractivity contribution in [2.75, 3.05) is 13.1 Å². The van der Waals surface area contributed by atoms with Crippen molar-refractivity contribution in [1.29, 1.82) is 0 Å². The summed E-state index contributed by atoms with van der Waals surface area (Å²) < 4.78 is 6.81. The first kappa shape index (κ1) is 12.2. The molecule has 1 aliphatic heterocycles. The largest absolute Gasteiger partial charge is 0.457 e. The van der Waals surface area contributed by atoms with Crippen molar-refractivity contribution < 1.29 is 4.74 Å². The predicted molar refractivity (Wildman–Crippen MR) is 80.1 cm³/mol. The molecule has 0 bridgehead atoms. The Morgan fingerprint density at radius 3 is 2.16 bits per heavy atom. The molecule has 3 rings (SSSR count). The van der Waals surface area contributed by atoms with Crippen LogP contribution in [0.25, 0.3) is 0 Å². The van der Waals surface area contributed by atoms with Crippen molar-refractivity contribution >= 4 is 21.8 Å². The third-order valence-electron chi connectivity index (χ3n) is 2.85. The van der Waals surface area contributed by atoms with Gasteiger partial charge >= 0.3 is 0 Å². The van der Waals surface area contributed by atoms with Crippen LogP contribution >= 0.6 is 15.9 Å². The highest BCUT2D eigenvalue weighted by atomic mass is 79.9. The normalized spacial score (nSPS) is 13.8. The molecule has 0 saturated carbocycles. The van der Waals surface area contributed by atoms with Gasteiger partial charge in [-0.1, -0.05) is 15.9 Å². The Kier molecular flexibility index (Phi) is 3.51. The summed E-state index contributed by atoms with van der Waals surface area (Å²) in [5.74, 6) is 2.62. The van der Waals surface area contributed by atoms with E-state index in [-0.39, 0.29) is 0 Å². The predicted octanol–water partition coefficient (Wildman–Crippen LogP) is 3.59. The van der Waals surface area contributed by atoms with Crippen molar-refractivity contribution in [3.05, 3.63) is 58.6 Å². The lowest BCUT2D eigenvalue weighted by Gasteiger charge is -2.07. The number of aliphatic imine (C=N–C) groups is 1. The molecule has 1 N–H and O–H groups in total. The third-order valence-corrected chi connectivity index (χ3v) is 3.38. The van der Waals surface area contributed by atoms with Crippen LogP contribution in [0.15, 0.2) is 58.0 Å². The van der Waals surface area contributed by atoms with Gasteiger partial charge in [0.25, 0.3) is 0 Å². The number of rotatable bonds is 3. The summed E-state index contributed by atoms with van der Waals surface area (Å²) in [4.78, 5) is 4.39. The number of nitrogens with one attached hydrogen (secondary N) is 1. The molecular weight excluding hydrogens is 304 g/mol. The van der Waals surface area contributed by atoms with Gasteiger partial charge in [-0.25, -0.2) is 0 Å². The summed E-state index contributed by atoms with van der Waals surface area (Å²) in [5, 5.41) is 3.25. The monoisotopic (exact) mass is 316 g/mol. The smallest absolute Gasteiger partial charge is 0.128 e. The van der Waals surface area contributed by atoms with Gasteiger partial charge in [-0.3, -0.25) is 4.99 Å². The van der Waals surface area contributed by atoms with Gasteiger partial charge < -0.3 is 10.1 Å². The molecule has 4 heteroatoms. The van der Waals surface area contributed by atoms with Crippen molar-refractivity contribution in [3.63, 3.8) is 0 Å². The molecule has 0 spiro atoms. The summed E-state index contributed by atoms with van der Waals surface area (Å²) in [6.07, 6.45) is 0. The lowest BCUT2D eigenvalue weighted by atomic mass is 10.2. The number of nitrogens with zero attached hydrogens (tertiary/aromatic N) is 1. The zero-order valence-corrected chi connectivity index (χ0v) is 11.9. The molecule has 0 unspecified atom stereocenters. The molecule has 0 fully saturated rings. The highest BCUT2D eigenvalue weighted by Crippen LogP contribution is 2.23. The minimum Gasteiger partial charge on any atom is -0.457 e. The highest BCUT2D eigenvalue weighted by Gasteiger charge is 2.07. The second-order valence-electron chi connectivity index (χ2n) is 4.24. The standard InChI is InChI=1S/C15H13BrN2O/c16-12-3-7-14(8-4-12)19-13-5-1-11(2-6-13)15-17-9-10-18-15/h1-8H,9-10H2,(H,17,18). The van der Waals surface area contributed by atoms with Gasteiger partial charge in [0.2, 0.25) is 0 Å². The molecule has 19 heavy (non-hydrogen) atoms. The van der Waals surface area contributed by atoms with Crippen molar-refractivity contribution in [2.45, 2.75) is 0 Å². The maximum Gasteiger partial charge on any atom is 0.128 e. The number of amidine groups is 1. The summed E-state index contributed by atoms with van der Waals surface area (Å²) >= 11 is 3.40. The molecule has 0 aromatic heterocycles. The van der Waals surface area contributed by atoms with Crippen LogP contribution in [0, 0.1) is 0 Å². The Bertz CT molecular complexity index is 591. The third kappa shape index (κ3) is 2.96. The molecule has 3 nitrogen and oxygen atoms in total. The van der Waals surface area contributed by atoms with Gasteiger partial charge in [0.1, 0.15) is 17.3 Å². The Hall–Kier alpha value is -1.81. The molecule has 0 aliphatic carbocycles. The van der Waals surface area contributed by atoms with Crippen molar-refractivity contribution in [2.24, 2.45) is 4.99 Å². The fraction of sp³-hybridized carbons (Fsp3) is 0.133. The van der Waals surface area contributed by atoms with Gasteiger partial charge in [-0.15, -0.1) is 0 Å². The van der Waals surface area contributed by atoms with Crippen LogP contribution in [0.2, 0.25) is 0 Å². The van der Waals surface area contributed by atoms with Crippen molar-refractivity contribution in [1.82, 2.24) is 5.32 Å². The second kappa shape index (κ2) is 5.45. The van der Waals surface area contributed by atoms with Crippen LogP contribution in [-0.2, 0) is 0 Å². The van der Waals surface area contributed by atoms with E-state index < -0.39 is 0 Å². The Morgan fingerprint density at radius 2 is 1.58 bits per heavy atom. The molecule has 0 atom stereocenters. The topological polar surface area (TPSA) is 33.6 Å². The molecule has 2 aromatic rings. The first-order valence-corrected chi connectivity index (χ1v) is 6.93. The lowest BCUT2D eigenvalue weighted by Crippen LogP contribution is -2.19. The average molecular weight is 317 g/mol. The maximum atomic E-state index is 5.77. The van der Waals surface area contributed by atoms with Gasteiger partial charge in [0.15, 0.2) is 0 Å². The fourth-order valence-electron chi connectivity index (χ4n) is 1.91. The van der Waals surface area contributed by atoms with E-state index in [2.05, 4.69) is 26.2 Å². The molecule has 2 aromatic carbocycles. The molecular formula is C15H13BrN2O. The van der Waals surface area contributed by atoms with E-state index in [0.717, 1.165) is 40.5 Å². The zero-order chi connectivity index (χ0) is 13.1. The van der Waals surface area contributed by atoms with E-state index in [1.807, 2.05) is 48.5 Å². The van der Waals surface area contributed by atoms with Crippen LogP contribution in [-0.4, -0.2) is 18.9 Å². The van der Waals surface area contributed by atoms with E-state index in [1.165, 1.54) is 0 Å². The summed E-state index contributed by atoms with van der Waals surface area (Å²) in [7, 11) is 0. The van der Waals surface area contributed by atoms with Gasteiger partial charge in [-0.05, 0) is 48.5 Å². The summed E-state index contributed by atoms with van der Waals surface area (Å²) in [6.45, 7) is 1.78. The number of ether oxygens (including phenoxy) is 1. The summed E-state index contributed by atoms with van der Waals surface area (Å²) in [6, 6.07) is 15.7. The van der Waals surface area contributed by atoms with E-state index >= 15 is 0 Å². The fourth-order valence-corrected chi connectivity index (χ4v) is 2.18. The molecule has 0 saturated heterocycles. The molecule has 96 valence electrons. The average Bonchev–Trinajstić information content (AvgIpc) is 2.96. The molecule has 0 amide bonds. The van der Waals surface area contributed by atoms with Crippen LogP contribution in [0.4, 0.5) is 0 Å². The Morgan fingerprint density at radius 1 is 0.947 bits per heavy atom. The van der Waals surface area contributed by atoms with Gasteiger partial charge in [0, 0.05) is 16.6 Å². The second-order valence-corrected chi connectivity index (χ2v) is 5.15. The van der Waals surface area contributed by atoms with E-state index in [9.17, 15) is 0 Å². The molecule has 1 aliphatic rings. The van der Waals surface area contributed by atoms with E-state index in [4.69, 9.17) is 4.74 Å². The van der Waals surface area contributed by atoms with Crippen LogP contribution in [0.1, 0.15) is 5.56 Å². The van der Waals surface area contributed by atoms with Crippen LogP contribution < -0.4 is 10.1 Å². The van der Waals surface area contributed by atoms with E-state index in [1.54, 1.807) is 0 Å². The summed E-state index contributed by atoms with van der Waals surface area (Å²) in [5.41, 5.74) is 1.10. The molecule has 0 radical (unpaired) electrons. The first-order chi connectivity index (χ1) is 9.31. The Balaban J connectivity index is 1.73. The van der Waals surface area contributed by atoms with Gasteiger partial charge in [-0.2, -0.15) is 0 Å². The van der Waals surface area contributed by atoms with Crippen LogP contribution in [0.5, 0.6) is 11.5 Å². The van der Waals surface area contributed by atoms with E-state index in [0.29, 0.717) is 0 Å². The highest BCUT2D eigenvalue weighted by molar-refractivity contribution is 9.10. The minimum absolute atomic E-state index is 0.824. The lowest BCUT2D eigenvalue weighted by molar-refractivity contribution is 0.482. The SMILES string of the molecule is Brc1ccc(Oc2ccc(C3=NCCN3)cc2)cc1. The molecule has 1 heterocycles. The number of hydrogen-bond acceptors (Lipinski definition) is 3. The minimum atomic E-state index is 0.824. The number of benzene rings is 2. The van der Waals surface area contributed by atoms with Gasteiger partial charge in [0.05, 0.1) is 6.54 Å². The quantitative estimate of drug-likeness (QED) is 0.938. The maximum absolute atomic E-state index is 5.77.